The van der Waals surface area contributed by atoms with Gasteiger partial charge in [-0.1, -0.05) is 18.2 Å². The smallest absolute Gasteiger partial charge is 0.321 e. The van der Waals surface area contributed by atoms with Gasteiger partial charge in [-0.3, -0.25) is 14.9 Å². The topological polar surface area (TPSA) is 84.5 Å². The quantitative estimate of drug-likeness (QED) is 0.615. The number of imide groups is 1. The fourth-order valence-electron chi connectivity index (χ4n) is 1.35. The van der Waals surface area contributed by atoms with E-state index in [1.165, 1.54) is 25.7 Å². The molecule has 1 aromatic carbocycles. The summed E-state index contributed by atoms with van der Waals surface area (Å²) in [7, 11) is 1.39. The van der Waals surface area contributed by atoms with Gasteiger partial charge in [-0.05, 0) is 19.1 Å². The molecule has 21 heavy (non-hydrogen) atoms. The minimum absolute atomic E-state index is 0.192. The predicted molar refractivity (Wildman–Crippen MR) is 79.9 cm³/mol. The minimum atomic E-state index is -1.00. The lowest BCUT2D eigenvalue weighted by molar-refractivity contribution is -0.154. The van der Waals surface area contributed by atoms with E-state index in [-0.39, 0.29) is 6.42 Å². The highest BCUT2D eigenvalue weighted by molar-refractivity contribution is 7.99. The number of nitrogens with one attached hydrogen (secondary N) is 2. The van der Waals surface area contributed by atoms with Gasteiger partial charge in [0, 0.05) is 17.7 Å². The van der Waals surface area contributed by atoms with E-state index < -0.39 is 24.0 Å². The van der Waals surface area contributed by atoms with Gasteiger partial charge in [0.25, 0.3) is 5.91 Å². The molecule has 0 heterocycles. The van der Waals surface area contributed by atoms with Crippen LogP contribution in [0.5, 0.6) is 0 Å². The van der Waals surface area contributed by atoms with Gasteiger partial charge in [0.05, 0.1) is 6.42 Å². The molecule has 0 fully saturated rings. The maximum absolute atomic E-state index is 11.6. The van der Waals surface area contributed by atoms with Crippen molar-refractivity contribution in [1.29, 1.82) is 0 Å². The zero-order valence-electron chi connectivity index (χ0n) is 11.9. The van der Waals surface area contributed by atoms with E-state index >= 15 is 0 Å². The Morgan fingerprint density at radius 3 is 2.52 bits per heavy atom. The van der Waals surface area contributed by atoms with Crippen molar-refractivity contribution in [2.24, 2.45) is 0 Å². The van der Waals surface area contributed by atoms with Gasteiger partial charge in [0.15, 0.2) is 6.10 Å². The molecule has 0 bridgehead atoms. The van der Waals surface area contributed by atoms with E-state index in [0.717, 1.165) is 4.90 Å². The molecule has 0 spiro atoms. The van der Waals surface area contributed by atoms with Gasteiger partial charge < -0.3 is 10.1 Å². The van der Waals surface area contributed by atoms with Crippen molar-refractivity contribution in [2.75, 3.05) is 12.8 Å². The number of ether oxygens (including phenoxy) is 1. The molecule has 0 aliphatic heterocycles. The minimum Gasteiger partial charge on any atom is -0.453 e. The van der Waals surface area contributed by atoms with E-state index in [2.05, 4.69) is 5.32 Å². The van der Waals surface area contributed by atoms with Gasteiger partial charge in [-0.25, -0.2) is 4.79 Å². The Kier molecular flexibility index (Phi) is 7.31. The predicted octanol–water partition coefficient (Wildman–Crippen LogP) is 1.56. The molecular weight excluding hydrogens is 292 g/mol. The molecule has 7 heteroatoms. The van der Waals surface area contributed by atoms with E-state index in [4.69, 9.17) is 4.74 Å². The molecule has 0 aromatic heterocycles. The van der Waals surface area contributed by atoms with Gasteiger partial charge in [-0.2, -0.15) is 0 Å². The zero-order valence-corrected chi connectivity index (χ0v) is 12.7. The summed E-state index contributed by atoms with van der Waals surface area (Å²) in [6.07, 6.45) is -0.812. The van der Waals surface area contributed by atoms with Crippen molar-refractivity contribution in [2.45, 2.75) is 24.3 Å². The van der Waals surface area contributed by atoms with Crippen LogP contribution in [0.1, 0.15) is 13.3 Å². The molecule has 1 rings (SSSR count). The second-order valence-electron chi connectivity index (χ2n) is 4.11. The van der Waals surface area contributed by atoms with Gasteiger partial charge in [0.1, 0.15) is 0 Å². The molecule has 0 aliphatic rings. The number of hydrogen-bond donors (Lipinski definition) is 2. The molecule has 0 saturated heterocycles. The molecule has 0 unspecified atom stereocenters. The maximum atomic E-state index is 11.6. The van der Waals surface area contributed by atoms with Crippen LogP contribution in [0.25, 0.3) is 0 Å². The summed E-state index contributed by atoms with van der Waals surface area (Å²) >= 11 is 1.53. The second kappa shape index (κ2) is 9.02. The van der Waals surface area contributed by atoms with Crippen LogP contribution in [0, 0.1) is 0 Å². The first-order valence-corrected chi connectivity index (χ1v) is 7.41. The Morgan fingerprint density at radius 2 is 1.90 bits per heavy atom. The molecular formula is C14H18N2O4S. The standard InChI is InChI=1S/C14H18N2O4S/c1-10(13(18)16-14(19)15-2)20-12(17)8-9-21-11-6-4-3-5-7-11/h3-7,10H,8-9H2,1-2H3,(H2,15,16,18,19)/t10-/m0/s1. The van der Waals surface area contributed by atoms with Crippen molar-refractivity contribution in [1.82, 2.24) is 10.6 Å². The van der Waals surface area contributed by atoms with Crippen LogP contribution in [0.3, 0.4) is 0 Å². The normalized spacial score (nSPS) is 11.3. The molecule has 3 amide bonds. The maximum Gasteiger partial charge on any atom is 0.321 e. The Bertz CT molecular complexity index is 493. The number of thioether (sulfide) groups is 1. The monoisotopic (exact) mass is 310 g/mol. The molecule has 0 saturated carbocycles. The highest BCUT2D eigenvalue weighted by atomic mass is 32.2. The SMILES string of the molecule is CNC(=O)NC(=O)[C@H](C)OC(=O)CCSc1ccccc1. The summed E-state index contributed by atoms with van der Waals surface area (Å²) in [6, 6.07) is 9.04. The summed E-state index contributed by atoms with van der Waals surface area (Å²) < 4.78 is 4.95. The third-order valence-electron chi connectivity index (χ3n) is 2.46. The van der Waals surface area contributed by atoms with E-state index in [9.17, 15) is 14.4 Å². The van der Waals surface area contributed by atoms with Crippen LogP contribution in [-0.2, 0) is 14.3 Å². The first-order valence-electron chi connectivity index (χ1n) is 6.43. The van der Waals surface area contributed by atoms with Crippen molar-refractivity contribution in [3.8, 4) is 0 Å². The summed E-state index contributed by atoms with van der Waals surface area (Å²) in [5.74, 6) is -0.566. The number of rotatable bonds is 6. The van der Waals surface area contributed by atoms with Crippen LogP contribution in [0.15, 0.2) is 35.2 Å². The fourth-order valence-corrected chi connectivity index (χ4v) is 2.21. The Morgan fingerprint density at radius 1 is 1.24 bits per heavy atom. The Balaban J connectivity index is 2.26. The molecule has 114 valence electrons. The molecule has 1 aromatic rings. The number of carbonyl (C=O) groups is 3. The summed E-state index contributed by atoms with van der Waals surface area (Å²) in [5, 5.41) is 4.29. The average Bonchev–Trinajstić information content (AvgIpc) is 2.48. The number of amides is 3. The molecule has 6 nitrogen and oxygen atoms in total. The van der Waals surface area contributed by atoms with Crippen molar-refractivity contribution in [3.63, 3.8) is 0 Å². The first-order chi connectivity index (χ1) is 10.0. The third-order valence-corrected chi connectivity index (χ3v) is 3.47. The van der Waals surface area contributed by atoms with E-state index in [1.807, 2.05) is 35.6 Å². The lowest BCUT2D eigenvalue weighted by atomic mass is 10.3. The number of urea groups is 1. The average molecular weight is 310 g/mol. The number of hydrogen-bond acceptors (Lipinski definition) is 5. The second-order valence-corrected chi connectivity index (χ2v) is 5.28. The van der Waals surface area contributed by atoms with Crippen LogP contribution in [0.2, 0.25) is 0 Å². The number of carbonyl (C=O) groups excluding carboxylic acids is 3. The van der Waals surface area contributed by atoms with E-state index in [0.29, 0.717) is 5.75 Å². The third kappa shape index (κ3) is 6.80. The number of benzene rings is 1. The molecule has 0 radical (unpaired) electrons. The summed E-state index contributed by atoms with van der Waals surface area (Å²) in [5.41, 5.74) is 0. The van der Waals surface area contributed by atoms with E-state index in [1.54, 1.807) is 0 Å². The summed E-state index contributed by atoms with van der Waals surface area (Å²) in [4.78, 5) is 35.1. The largest absolute Gasteiger partial charge is 0.453 e. The lowest BCUT2D eigenvalue weighted by Gasteiger charge is -2.12. The molecule has 0 aliphatic carbocycles. The van der Waals surface area contributed by atoms with Gasteiger partial charge in [-0.15, -0.1) is 11.8 Å². The van der Waals surface area contributed by atoms with Crippen LogP contribution < -0.4 is 10.6 Å². The number of esters is 1. The fraction of sp³-hybridized carbons (Fsp3) is 0.357. The summed E-state index contributed by atoms with van der Waals surface area (Å²) in [6.45, 7) is 1.42. The lowest BCUT2D eigenvalue weighted by Crippen LogP contribution is -2.43. The highest BCUT2D eigenvalue weighted by Gasteiger charge is 2.19. The van der Waals surface area contributed by atoms with Crippen LogP contribution in [-0.4, -0.2) is 36.8 Å². The van der Waals surface area contributed by atoms with Crippen molar-refractivity contribution < 1.29 is 19.1 Å². The van der Waals surface area contributed by atoms with Crippen LogP contribution in [0.4, 0.5) is 4.79 Å². The molecule has 1 atom stereocenters. The highest BCUT2D eigenvalue weighted by Crippen LogP contribution is 2.17. The Hall–Kier alpha value is -2.02. The van der Waals surface area contributed by atoms with Crippen LogP contribution >= 0.6 is 11.8 Å². The Labute approximate surface area is 127 Å². The molecule has 2 N–H and O–H groups in total. The van der Waals surface area contributed by atoms with Crippen molar-refractivity contribution >= 4 is 29.7 Å². The van der Waals surface area contributed by atoms with Crippen molar-refractivity contribution in [3.05, 3.63) is 30.3 Å². The first kappa shape index (κ1) is 17.0. The van der Waals surface area contributed by atoms with Gasteiger partial charge in [0.2, 0.25) is 0 Å². The zero-order chi connectivity index (χ0) is 15.7. The van der Waals surface area contributed by atoms with Gasteiger partial charge >= 0.3 is 12.0 Å².